The summed E-state index contributed by atoms with van der Waals surface area (Å²) in [4.78, 5) is 21.3. The topological polar surface area (TPSA) is 56.7 Å². The summed E-state index contributed by atoms with van der Waals surface area (Å²) in [5.41, 5.74) is 0.722. The highest BCUT2D eigenvalue weighted by Gasteiger charge is 2.30. The molecule has 2 aromatic carbocycles. The van der Waals surface area contributed by atoms with Crippen LogP contribution < -0.4 is 4.90 Å². The number of pyridine rings is 1. The summed E-state index contributed by atoms with van der Waals surface area (Å²) in [6.45, 7) is 4.52. The third-order valence-electron chi connectivity index (χ3n) is 5.51. The van der Waals surface area contributed by atoms with Gasteiger partial charge in [-0.15, -0.1) is 0 Å². The molecular formula is C23H25N3O2. The van der Waals surface area contributed by atoms with Crippen molar-refractivity contribution >= 4 is 22.4 Å². The van der Waals surface area contributed by atoms with Crippen LogP contribution in [0.3, 0.4) is 0 Å². The van der Waals surface area contributed by atoms with Gasteiger partial charge in [-0.1, -0.05) is 54.6 Å². The lowest BCUT2D eigenvalue weighted by molar-refractivity contribution is -0.136. The van der Waals surface area contributed by atoms with Crippen molar-refractivity contribution in [1.29, 1.82) is 0 Å². The van der Waals surface area contributed by atoms with Gasteiger partial charge in [-0.3, -0.25) is 9.78 Å². The molecule has 3 aromatic rings. The zero-order chi connectivity index (χ0) is 19.6. The number of fused-ring (bicyclic) bond motifs is 1. The molecule has 1 aliphatic heterocycles. The molecule has 1 atom stereocenters. The summed E-state index contributed by atoms with van der Waals surface area (Å²) in [6.07, 6.45) is 3.87. The highest BCUT2D eigenvalue weighted by Crippen LogP contribution is 2.28. The van der Waals surface area contributed by atoms with E-state index in [4.69, 9.17) is 0 Å². The molecule has 2 heterocycles. The number of hydrogen-bond acceptors (Lipinski definition) is 4. The molecule has 5 heteroatoms. The molecule has 1 aromatic heterocycles. The van der Waals surface area contributed by atoms with E-state index < -0.39 is 5.60 Å². The SMILES string of the molecule is CC(O)(CC(=O)N1CCN(c2cncc3ccccc23)CC1)c1ccccc1. The van der Waals surface area contributed by atoms with Crippen molar-refractivity contribution in [2.45, 2.75) is 18.9 Å². The average molecular weight is 375 g/mol. The summed E-state index contributed by atoms with van der Waals surface area (Å²) >= 11 is 0. The second-order valence-corrected chi connectivity index (χ2v) is 7.56. The number of aliphatic hydroxyl groups is 1. The summed E-state index contributed by atoms with van der Waals surface area (Å²) in [7, 11) is 0. The Kier molecular flexibility index (Phi) is 5.01. The Morgan fingerprint density at radius 2 is 1.68 bits per heavy atom. The molecule has 0 bridgehead atoms. The molecule has 1 aliphatic rings. The van der Waals surface area contributed by atoms with E-state index in [1.165, 1.54) is 5.39 Å². The fourth-order valence-electron chi connectivity index (χ4n) is 3.85. The number of piperazine rings is 1. The van der Waals surface area contributed by atoms with Gasteiger partial charge in [0.2, 0.25) is 5.91 Å². The van der Waals surface area contributed by atoms with Gasteiger partial charge in [-0.25, -0.2) is 0 Å². The van der Waals surface area contributed by atoms with Crippen LogP contribution >= 0.6 is 0 Å². The van der Waals surface area contributed by atoms with Crippen LogP contribution in [0.25, 0.3) is 10.8 Å². The Morgan fingerprint density at radius 1 is 1.00 bits per heavy atom. The minimum absolute atomic E-state index is 0.00968. The number of aromatic nitrogens is 1. The van der Waals surface area contributed by atoms with Gasteiger partial charge in [0.15, 0.2) is 0 Å². The molecule has 0 radical (unpaired) electrons. The zero-order valence-corrected chi connectivity index (χ0v) is 16.1. The van der Waals surface area contributed by atoms with Crippen LogP contribution in [0, 0.1) is 0 Å². The fraction of sp³-hybridized carbons (Fsp3) is 0.304. The smallest absolute Gasteiger partial charge is 0.225 e. The first-order valence-electron chi connectivity index (χ1n) is 9.68. The van der Waals surface area contributed by atoms with Crippen LogP contribution in [0.5, 0.6) is 0 Å². The summed E-state index contributed by atoms with van der Waals surface area (Å²) in [6, 6.07) is 17.6. The Balaban J connectivity index is 1.42. The molecule has 1 N–H and O–H groups in total. The molecule has 144 valence electrons. The Morgan fingerprint density at radius 3 is 2.43 bits per heavy atom. The van der Waals surface area contributed by atoms with Crippen molar-refractivity contribution in [2.75, 3.05) is 31.1 Å². The van der Waals surface area contributed by atoms with E-state index in [0.717, 1.165) is 29.7 Å². The number of benzene rings is 2. The Labute approximate surface area is 165 Å². The van der Waals surface area contributed by atoms with Crippen LogP contribution in [-0.4, -0.2) is 47.1 Å². The summed E-state index contributed by atoms with van der Waals surface area (Å²) < 4.78 is 0. The number of anilines is 1. The highest BCUT2D eigenvalue weighted by molar-refractivity contribution is 5.93. The average Bonchev–Trinajstić information content (AvgIpc) is 2.74. The Bertz CT molecular complexity index is 959. The van der Waals surface area contributed by atoms with Gasteiger partial charge in [-0.2, -0.15) is 0 Å². The summed E-state index contributed by atoms with van der Waals surface area (Å²) in [5.74, 6) is -0.00968. The first-order valence-corrected chi connectivity index (χ1v) is 9.68. The first kappa shape index (κ1) is 18.4. The van der Waals surface area contributed by atoms with Crippen LogP contribution in [0.1, 0.15) is 18.9 Å². The van der Waals surface area contributed by atoms with Crippen molar-refractivity contribution < 1.29 is 9.90 Å². The third-order valence-corrected chi connectivity index (χ3v) is 5.51. The summed E-state index contributed by atoms with van der Waals surface area (Å²) in [5, 5.41) is 13.1. The molecule has 1 amide bonds. The monoisotopic (exact) mass is 375 g/mol. The van der Waals surface area contributed by atoms with Crippen molar-refractivity contribution in [3.8, 4) is 0 Å². The van der Waals surface area contributed by atoms with Gasteiger partial charge in [0, 0.05) is 43.1 Å². The van der Waals surface area contributed by atoms with Crippen molar-refractivity contribution in [1.82, 2.24) is 9.88 Å². The van der Waals surface area contributed by atoms with E-state index in [2.05, 4.69) is 22.0 Å². The maximum Gasteiger partial charge on any atom is 0.225 e. The second kappa shape index (κ2) is 7.60. The van der Waals surface area contributed by atoms with E-state index in [0.29, 0.717) is 13.1 Å². The van der Waals surface area contributed by atoms with Crippen LogP contribution in [0.15, 0.2) is 67.0 Å². The predicted octanol–water partition coefficient (Wildman–Crippen LogP) is 3.18. The fourth-order valence-corrected chi connectivity index (χ4v) is 3.85. The molecule has 0 aliphatic carbocycles. The zero-order valence-electron chi connectivity index (χ0n) is 16.1. The molecule has 1 fully saturated rings. The minimum Gasteiger partial charge on any atom is -0.385 e. The molecule has 0 saturated carbocycles. The lowest BCUT2D eigenvalue weighted by atomic mass is 9.92. The van der Waals surface area contributed by atoms with E-state index in [1.807, 2.05) is 59.8 Å². The number of carbonyl (C=O) groups is 1. The van der Waals surface area contributed by atoms with Crippen LogP contribution in [0.2, 0.25) is 0 Å². The maximum absolute atomic E-state index is 12.8. The molecule has 5 nitrogen and oxygen atoms in total. The minimum atomic E-state index is -1.16. The van der Waals surface area contributed by atoms with Gasteiger partial charge >= 0.3 is 0 Å². The lowest BCUT2D eigenvalue weighted by Gasteiger charge is -2.37. The molecule has 1 saturated heterocycles. The largest absolute Gasteiger partial charge is 0.385 e. The third kappa shape index (κ3) is 3.71. The second-order valence-electron chi connectivity index (χ2n) is 7.56. The molecule has 28 heavy (non-hydrogen) atoms. The van der Waals surface area contributed by atoms with Gasteiger partial charge in [0.05, 0.1) is 23.9 Å². The quantitative estimate of drug-likeness (QED) is 0.761. The molecule has 1 unspecified atom stereocenters. The lowest BCUT2D eigenvalue weighted by Crippen LogP contribution is -2.50. The first-order chi connectivity index (χ1) is 13.5. The van der Waals surface area contributed by atoms with E-state index >= 15 is 0 Å². The van der Waals surface area contributed by atoms with Gasteiger partial charge < -0.3 is 14.9 Å². The maximum atomic E-state index is 12.8. The van der Waals surface area contributed by atoms with E-state index in [-0.39, 0.29) is 12.3 Å². The number of nitrogens with zero attached hydrogens (tertiary/aromatic N) is 3. The van der Waals surface area contributed by atoms with Crippen molar-refractivity contribution in [3.63, 3.8) is 0 Å². The number of rotatable bonds is 4. The number of carbonyl (C=O) groups excluding carboxylic acids is 1. The van der Waals surface area contributed by atoms with E-state index in [9.17, 15) is 9.90 Å². The standard InChI is InChI=1S/C23H25N3O2/c1-23(28,19-8-3-2-4-9-19)15-22(27)26-13-11-25(12-14-26)21-17-24-16-18-7-5-6-10-20(18)21/h2-10,16-17,28H,11-15H2,1H3. The highest BCUT2D eigenvalue weighted by atomic mass is 16.3. The molecule has 4 rings (SSSR count). The van der Waals surface area contributed by atoms with Gasteiger partial charge in [-0.05, 0) is 12.5 Å². The van der Waals surface area contributed by atoms with Gasteiger partial charge in [0.25, 0.3) is 0 Å². The van der Waals surface area contributed by atoms with Crippen molar-refractivity contribution in [3.05, 3.63) is 72.6 Å². The van der Waals surface area contributed by atoms with Crippen LogP contribution in [0.4, 0.5) is 5.69 Å². The molecular weight excluding hydrogens is 350 g/mol. The van der Waals surface area contributed by atoms with Gasteiger partial charge in [0.1, 0.15) is 0 Å². The van der Waals surface area contributed by atoms with E-state index in [1.54, 1.807) is 6.92 Å². The number of amides is 1. The predicted molar refractivity (Wildman–Crippen MR) is 111 cm³/mol. The van der Waals surface area contributed by atoms with Crippen LogP contribution in [-0.2, 0) is 10.4 Å². The molecule has 0 spiro atoms. The normalized spacial score (nSPS) is 16.8. The Hall–Kier alpha value is -2.92. The van der Waals surface area contributed by atoms with Crippen molar-refractivity contribution in [2.24, 2.45) is 0 Å². The number of hydrogen-bond donors (Lipinski definition) is 1.